The standard InChI is InChI=1S/C24H21ClN2O5S/c1-13-20(23(29)32-4)21(15-7-5-6-8-16(15)25)27-22(28)19(33-24(27)26-13)12-14-9-10-17(30-2)18(11-14)31-3/h5-12,21H,1-4H3/b19-12-. The van der Waals surface area contributed by atoms with Crippen LogP contribution in [0.25, 0.3) is 6.08 Å². The highest BCUT2D eigenvalue weighted by molar-refractivity contribution is 7.07. The predicted molar refractivity (Wildman–Crippen MR) is 127 cm³/mol. The summed E-state index contributed by atoms with van der Waals surface area (Å²) in [5.41, 5.74) is 1.84. The number of thiazole rings is 1. The molecule has 0 bridgehead atoms. The average molecular weight is 485 g/mol. The lowest BCUT2D eigenvalue weighted by molar-refractivity contribution is -0.136. The van der Waals surface area contributed by atoms with E-state index >= 15 is 0 Å². The maximum atomic E-state index is 13.6. The molecule has 1 aliphatic heterocycles. The molecular weight excluding hydrogens is 464 g/mol. The summed E-state index contributed by atoms with van der Waals surface area (Å²) in [6, 6.07) is 11.7. The molecule has 0 radical (unpaired) electrons. The Kier molecular flexibility index (Phi) is 6.40. The number of fused-ring (bicyclic) bond motifs is 1. The molecular formula is C24H21ClN2O5S. The number of rotatable bonds is 5. The van der Waals surface area contributed by atoms with E-state index in [2.05, 4.69) is 4.99 Å². The van der Waals surface area contributed by atoms with Crippen molar-refractivity contribution in [2.75, 3.05) is 21.3 Å². The maximum Gasteiger partial charge on any atom is 0.338 e. The van der Waals surface area contributed by atoms with Gasteiger partial charge >= 0.3 is 5.97 Å². The van der Waals surface area contributed by atoms with Gasteiger partial charge in [-0.25, -0.2) is 9.79 Å². The van der Waals surface area contributed by atoms with Gasteiger partial charge in [0, 0.05) is 5.02 Å². The van der Waals surface area contributed by atoms with Gasteiger partial charge in [-0.15, -0.1) is 0 Å². The van der Waals surface area contributed by atoms with E-state index in [-0.39, 0.29) is 11.1 Å². The molecule has 4 rings (SSSR count). The van der Waals surface area contributed by atoms with Crippen LogP contribution in [0.2, 0.25) is 5.02 Å². The summed E-state index contributed by atoms with van der Waals surface area (Å²) in [7, 11) is 4.41. The van der Waals surface area contributed by atoms with Crippen LogP contribution in [0, 0.1) is 0 Å². The minimum absolute atomic E-state index is 0.274. The fourth-order valence-corrected chi connectivity index (χ4v) is 5.06. The number of hydrogen-bond acceptors (Lipinski definition) is 7. The zero-order valence-electron chi connectivity index (χ0n) is 18.4. The number of methoxy groups -OCH3 is 3. The Hall–Kier alpha value is -3.36. The van der Waals surface area contributed by atoms with Crippen LogP contribution < -0.4 is 24.4 Å². The van der Waals surface area contributed by atoms with E-state index in [0.29, 0.717) is 37.1 Å². The summed E-state index contributed by atoms with van der Waals surface area (Å²) >= 11 is 7.72. The average Bonchev–Trinajstić information content (AvgIpc) is 3.12. The number of nitrogens with zero attached hydrogens (tertiary/aromatic N) is 2. The van der Waals surface area contributed by atoms with Crippen LogP contribution in [-0.4, -0.2) is 31.9 Å². The number of hydrogen-bond donors (Lipinski definition) is 0. The number of aromatic nitrogens is 1. The molecule has 0 N–H and O–H groups in total. The lowest BCUT2D eigenvalue weighted by Crippen LogP contribution is -2.39. The largest absolute Gasteiger partial charge is 0.493 e. The van der Waals surface area contributed by atoms with Gasteiger partial charge in [-0.05, 0) is 42.3 Å². The topological polar surface area (TPSA) is 79.1 Å². The molecule has 0 amide bonds. The van der Waals surface area contributed by atoms with Gasteiger partial charge < -0.3 is 14.2 Å². The van der Waals surface area contributed by atoms with Gasteiger partial charge in [0.1, 0.15) is 6.04 Å². The van der Waals surface area contributed by atoms with Gasteiger partial charge in [0.15, 0.2) is 16.3 Å². The second-order valence-corrected chi connectivity index (χ2v) is 8.63. The van der Waals surface area contributed by atoms with Crippen molar-refractivity contribution in [3.8, 4) is 11.5 Å². The minimum atomic E-state index is -0.755. The Morgan fingerprint density at radius 2 is 1.85 bits per heavy atom. The first kappa shape index (κ1) is 22.8. The van der Waals surface area contributed by atoms with Crippen molar-refractivity contribution in [2.24, 2.45) is 4.99 Å². The maximum absolute atomic E-state index is 13.6. The summed E-state index contributed by atoms with van der Waals surface area (Å²) in [5, 5.41) is 0.438. The van der Waals surface area contributed by atoms with Crippen molar-refractivity contribution in [2.45, 2.75) is 13.0 Å². The van der Waals surface area contributed by atoms with Gasteiger partial charge in [-0.1, -0.05) is 47.2 Å². The molecule has 1 aliphatic rings. The Morgan fingerprint density at radius 3 is 2.52 bits per heavy atom. The molecule has 2 aromatic carbocycles. The number of halogens is 1. The third-order valence-electron chi connectivity index (χ3n) is 5.33. The number of esters is 1. The summed E-state index contributed by atoms with van der Waals surface area (Å²) < 4.78 is 17.6. The third-order valence-corrected chi connectivity index (χ3v) is 6.66. The van der Waals surface area contributed by atoms with Crippen molar-refractivity contribution >= 4 is 35.0 Å². The van der Waals surface area contributed by atoms with Crippen LogP contribution in [-0.2, 0) is 9.53 Å². The lowest BCUT2D eigenvalue weighted by atomic mass is 9.96. The molecule has 0 aliphatic carbocycles. The molecule has 170 valence electrons. The highest BCUT2D eigenvalue weighted by Gasteiger charge is 2.34. The molecule has 0 saturated carbocycles. The number of carbonyl (C=O) groups is 1. The molecule has 0 saturated heterocycles. The van der Waals surface area contributed by atoms with E-state index in [0.717, 1.165) is 5.56 Å². The Labute approximate surface area is 198 Å². The van der Waals surface area contributed by atoms with Crippen LogP contribution in [0.4, 0.5) is 0 Å². The fraction of sp³-hybridized carbons (Fsp3) is 0.208. The Morgan fingerprint density at radius 1 is 1.12 bits per heavy atom. The minimum Gasteiger partial charge on any atom is -0.493 e. The monoisotopic (exact) mass is 484 g/mol. The molecule has 9 heteroatoms. The molecule has 3 aromatic rings. The van der Waals surface area contributed by atoms with E-state index in [1.54, 1.807) is 57.6 Å². The number of carbonyl (C=O) groups excluding carboxylic acids is 1. The van der Waals surface area contributed by atoms with E-state index in [1.165, 1.54) is 23.0 Å². The zero-order valence-corrected chi connectivity index (χ0v) is 20.0. The second-order valence-electron chi connectivity index (χ2n) is 7.21. The van der Waals surface area contributed by atoms with E-state index in [4.69, 9.17) is 25.8 Å². The van der Waals surface area contributed by atoms with Gasteiger partial charge in [-0.2, -0.15) is 0 Å². The van der Waals surface area contributed by atoms with Crippen LogP contribution in [0.3, 0.4) is 0 Å². The molecule has 1 aromatic heterocycles. The predicted octanol–water partition coefficient (Wildman–Crippen LogP) is 3.08. The van der Waals surface area contributed by atoms with E-state index in [9.17, 15) is 9.59 Å². The first-order valence-corrected chi connectivity index (χ1v) is 11.2. The Bertz CT molecular complexity index is 1450. The van der Waals surface area contributed by atoms with Gasteiger partial charge in [-0.3, -0.25) is 9.36 Å². The van der Waals surface area contributed by atoms with E-state index < -0.39 is 12.0 Å². The SMILES string of the molecule is COC(=O)C1=C(C)N=c2s/c(=C\c3ccc(OC)c(OC)c3)c(=O)n2C1c1ccccc1Cl. The highest BCUT2D eigenvalue weighted by Crippen LogP contribution is 2.34. The van der Waals surface area contributed by atoms with Crippen molar-refractivity contribution in [3.05, 3.63) is 89.6 Å². The first-order chi connectivity index (χ1) is 15.9. The second kappa shape index (κ2) is 9.25. The molecule has 7 nitrogen and oxygen atoms in total. The van der Waals surface area contributed by atoms with Gasteiger partial charge in [0.2, 0.25) is 0 Å². The molecule has 33 heavy (non-hydrogen) atoms. The molecule has 0 fully saturated rings. The first-order valence-electron chi connectivity index (χ1n) is 9.97. The number of allylic oxidation sites excluding steroid dienone is 1. The number of benzene rings is 2. The normalized spacial score (nSPS) is 15.7. The molecule has 1 unspecified atom stereocenters. The Balaban J connectivity index is 1.96. The van der Waals surface area contributed by atoms with Crippen molar-refractivity contribution < 1.29 is 19.0 Å². The summed E-state index contributed by atoms with van der Waals surface area (Å²) in [6.07, 6.45) is 1.76. The van der Waals surface area contributed by atoms with E-state index in [1.807, 2.05) is 12.1 Å². The summed E-state index contributed by atoms with van der Waals surface area (Å²) in [5.74, 6) is 0.584. The molecule has 2 heterocycles. The van der Waals surface area contributed by atoms with Crippen molar-refractivity contribution in [1.29, 1.82) is 0 Å². The van der Waals surface area contributed by atoms with Crippen LogP contribution in [0.1, 0.15) is 24.1 Å². The van der Waals surface area contributed by atoms with Crippen LogP contribution >= 0.6 is 22.9 Å². The smallest absolute Gasteiger partial charge is 0.338 e. The van der Waals surface area contributed by atoms with Gasteiger partial charge in [0.05, 0.1) is 37.1 Å². The van der Waals surface area contributed by atoms with Gasteiger partial charge in [0.25, 0.3) is 5.56 Å². The third kappa shape index (κ3) is 4.07. The van der Waals surface area contributed by atoms with Crippen LogP contribution in [0.5, 0.6) is 11.5 Å². The summed E-state index contributed by atoms with van der Waals surface area (Å²) in [6.45, 7) is 1.72. The zero-order chi connectivity index (χ0) is 23.7. The highest BCUT2D eigenvalue weighted by atomic mass is 35.5. The molecule has 1 atom stereocenters. The van der Waals surface area contributed by atoms with Crippen molar-refractivity contribution in [1.82, 2.24) is 4.57 Å². The molecule has 0 spiro atoms. The quantitative estimate of drug-likeness (QED) is 0.520. The number of ether oxygens (including phenoxy) is 3. The fourth-order valence-electron chi connectivity index (χ4n) is 3.78. The lowest BCUT2D eigenvalue weighted by Gasteiger charge is -2.25. The van der Waals surface area contributed by atoms with Crippen molar-refractivity contribution in [3.63, 3.8) is 0 Å². The summed E-state index contributed by atoms with van der Waals surface area (Å²) in [4.78, 5) is 31.3. The van der Waals surface area contributed by atoms with Crippen LogP contribution in [0.15, 0.2) is 63.5 Å².